The summed E-state index contributed by atoms with van der Waals surface area (Å²) in [5.74, 6) is -1.96. The second-order valence-corrected chi connectivity index (χ2v) is 12.8. The maximum atomic E-state index is 14.9. The van der Waals surface area contributed by atoms with E-state index in [2.05, 4.69) is 31.9 Å². The second-order valence-electron chi connectivity index (χ2n) is 12.8. The molecule has 3 heterocycles. The Morgan fingerprint density at radius 3 is 2.25 bits per heavy atom. The first-order valence-electron chi connectivity index (χ1n) is 16.4. The van der Waals surface area contributed by atoms with Crippen LogP contribution in [0.3, 0.4) is 0 Å². The van der Waals surface area contributed by atoms with Crippen LogP contribution in [-0.2, 0) is 19.1 Å². The zero-order valence-electron chi connectivity index (χ0n) is 27.3. The minimum absolute atomic E-state index is 0.121. The van der Waals surface area contributed by atoms with Gasteiger partial charge in [-0.05, 0) is 69.7 Å². The number of hydrogen-bond donors (Lipinski definition) is 1. The highest BCUT2D eigenvalue weighted by atomic mass is 16.5. The molecule has 9 nitrogen and oxygen atoms in total. The number of nitrogens with zero attached hydrogens (tertiary/aromatic N) is 4. The van der Waals surface area contributed by atoms with Gasteiger partial charge in [0.1, 0.15) is 11.6 Å². The smallest absolute Gasteiger partial charge is 0.253 e. The number of carbonyl (C=O) groups excluding carboxylic acids is 3. The van der Waals surface area contributed by atoms with E-state index in [0.717, 1.165) is 25.2 Å². The van der Waals surface area contributed by atoms with Crippen LogP contribution in [0.2, 0.25) is 0 Å². The van der Waals surface area contributed by atoms with E-state index in [9.17, 15) is 19.5 Å². The molecule has 0 aliphatic carbocycles. The summed E-state index contributed by atoms with van der Waals surface area (Å²) in [4.78, 5) is 50.7. The van der Waals surface area contributed by atoms with Crippen LogP contribution in [0, 0.1) is 17.8 Å². The zero-order valence-corrected chi connectivity index (χ0v) is 27.3. The average molecular weight is 609 g/mol. The number of hydrogen-bond acceptors (Lipinski definition) is 6. The fourth-order valence-electron chi connectivity index (χ4n) is 7.83. The Morgan fingerprint density at radius 1 is 1.07 bits per heavy atom. The SMILES string of the molecule is C=CCN(CCC)C(=O)[C@@H]1[C@@H]2CCC3(O2)C(C(=O)N(CC=C)c2ccc(N(CC)CC)cc2)N([C@@H](CO)CC(C)C)C(=O)[C@H]13. The van der Waals surface area contributed by atoms with Gasteiger partial charge in [0.25, 0.3) is 5.91 Å². The van der Waals surface area contributed by atoms with E-state index < -0.39 is 35.6 Å². The van der Waals surface area contributed by atoms with Gasteiger partial charge in [-0.15, -0.1) is 13.2 Å². The Bertz CT molecular complexity index is 1200. The van der Waals surface area contributed by atoms with Crippen LogP contribution in [0.25, 0.3) is 0 Å². The normalized spacial score (nSPS) is 26.1. The topological polar surface area (TPSA) is 93.6 Å². The summed E-state index contributed by atoms with van der Waals surface area (Å²) in [7, 11) is 0. The number of anilines is 2. The number of fused-ring (bicyclic) bond motifs is 1. The molecule has 3 aliphatic heterocycles. The fourth-order valence-corrected chi connectivity index (χ4v) is 7.83. The maximum Gasteiger partial charge on any atom is 0.253 e. The Morgan fingerprint density at radius 2 is 1.70 bits per heavy atom. The molecule has 3 saturated heterocycles. The fraction of sp³-hybridized carbons (Fsp3) is 0.629. The molecular weight excluding hydrogens is 556 g/mol. The molecule has 0 radical (unpaired) electrons. The van der Waals surface area contributed by atoms with Crippen LogP contribution in [0.1, 0.15) is 60.3 Å². The van der Waals surface area contributed by atoms with E-state index >= 15 is 0 Å². The summed E-state index contributed by atoms with van der Waals surface area (Å²) in [6.45, 7) is 20.7. The van der Waals surface area contributed by atoms with E-state index in [1.54, 1.807) is 26.9 Å². The van der Waals surface area contributed by atoms with Gasteiger partial charge in [0, 0.05) is 44.1 Å². The van der Waals surface area contributed by atoms with Gasteiger partial charge in [-0.1, -0.05) is 32.9 Å². The molecular formula is C35H52N4O5. The molecule has 1 aromatic carbocycles. The Balaban J connectivity index is 1.79. The van der Waals surface area contributed by atoms with Crippen molar-refractivity contribution in [2.45, 2.75) is 84.1 Å². The number of aliphatic hydroxyl groups excluding tert-OH is 1. The van der Waals surface area contributed by atoms with Crippen molar-refractivity contribution in [2.24, 2.45) is 17.8 Å². The predicted molar refractivity (Wildman–Crippen MR) is 174 cm³/mol. The molecule has 9 heteroatoms. The molecule has 2 unspecified atom stereocenters. The monoisotopic (exact) mass is 608 g/mol. The summed E-state index contributed by atoms with van der Waals surface area (Å²) >= 11 is 0. The van der Waals surface area contributed by atoms with Crippen LogP contribution in [0.5, 0.6) is 0 Å². The van der Waals surface area contributed by atoms with Crippen molar-refractivity contribution >= 4 is 29.1 Å². The summed E-state index contributed by atoms with van der Waals surface area (Å²) < 4.78 is 6.70. The Kier molecular flexibility index (Phi) is 10.9. The standard InChI is InChI=1S/C35H52N4O5/c1-8-19-37(20-9-2)32(41)29-28-17-18-35(44-28)30(29)33(42)39(27(23-40)22-24(6)7)31(35)34(43)38(21-10-3)26-15-13-25(14-16-26)36(11-4)12-5/h8,10,13-16,24,27-31,40H,1,3,9,11-12,17-23H2,2,4-7H3/t27-,28+,29-,30+,31?,35?/m1/s1. The van der Waals surface area contributed by atoms with Crippen molar-refractivity contribution in [3.63, 3.8) is 0 Å². The molecule has 242 valence electrons. The van der Waals surface area contributed by atoms with Crippen molar-refractivity contribution in [3.05, 3.63) is 49.6 Å². The minimum atomic E-state index is -1.14. The van der Waals surface area contributed by atoms with E-state index in [0.29, 0.717) is 38.0 Å². The van der Waals surface area contributed by atoms with Crippen molar-refractivity contribution in [1.29, 1.82) is 0 Å². The lowest BCUT2D eigenvalue weighted by molar-refractivity contribution is -0.147. The summed E-state index contributed by atoms with van der Waals surface area (Å²) in [5, 5.41) is 10.6. The zero-order chi connectivity index (χ0) is 32.2. The molecule has 1 aromatic rings. The van der Waals surface area contributed by atoms with Crippen LogP contribution in [0.15, 0.2) is 49.6 Å². The van der Waals surface area contributed by atoms with Gasteiger partial charge in [-0.3, -0.25) is 14.4 Å². The van der Waals surface area contributed by atoms with Crippen LogP contribution in [0.4, 0.5) is 11.4 Å². The highest BCUT2D eigenvalue weighted by Crippen LogP contribution is 2.59. The van der Waals surface area contributed by atoms with Gasteiger partial charge in [0.05, 0.1) is 30.6 Å². The van der Waals surface area contributed by atoms with Gasteiger partial charge in [0.2, 0.25) is 11.8 Å². The number of ether oxygens (including phenoxy) is 1. The molecule has 0 saturated carbocycles. The van der Waals surface area contributed by atoms with Gasteiger partial charge in [-0.25, -0.2) is 0 Å². The molecule has 44 heavy (non-hydrogen) atoms. The lowest BCUT2D eigenvalue weighted by Gasteiger charge is -2.39. The minimum Gasteiger partial charge on any atom is -0.394 e. The van der Waals surface area contributed by atoms with Gasteiger partial charge in [-0.2, -0.15) is 0 Å². The second kappa shape index (κ2) is 14.3. The third-order valence-corrected chi connectivity index (χ3v) is 9.63. The van der Waals surface area contributed by atoms with E-state index in [4.69, 9.17) is 4.74 Å². The van der Waals surface area contributed by atoms with Gasteiger partial charge >= 0.3 is 0 Å². The lowest BCUT2D eigenvalue weighted by atomic mass is 9.70. The third kappa shape index (κ3) is 5.93. The van der Waals surface area contributed by atoms with Crippen molar-refractivity contribution in [2.75, 3.05) is 49.1 Å². The Hall–Kier alpha value is -3.17. The van der Waals surface area contributed by atoms with E-state index in [1.165, 1.54) is 0 Å². The quantitative estimate of drug-likeness (QED) is 0.282. The molecule has 2 bridgehead atoms. The highest BCUT2D eigenvalue weighted by Gasteiger charge is 2.75. The molecule has 3 amide bonds. The number of aliphatic hydroxyl groups is 1. The van der Waals surface area contributed by atoms with E-state index in [1.807, 2.05) is 45.0 Å². The molecule has 1 spiro atoms. The molecule has 3 aliphatic rings. The average Bonchev–Trinajstić information content (AvgIpc) is 3.66. The molecule has 6 atom stereocenters. The van der Waals surface area contributed by atoms with Crippen LogP contribution < -0.4 is 9.80 Å². The first-order chi connectivity index (χ1) is 21.1. The van der Waals surface area contributed by atoms with Gasteiger partial charge < -0.3 is 29.4 Å². The Labute approximate surface area is 263 Å². The maximum absolute atomic E-state index is 14.9. The third-order valence-electron chi connectivity index (χ3n) is 9.63. The predicted octanol–water partition coefficient (Wildman–Crippen LogP) is 4.26. The molecule has 1 N–H and O–H groups in total. The van der Waals surface area contributed by atoms with Crippen molar-refractivity contribution in [3.8, 4) is 0 Å². The lowest BCUT2D eigenvalue weighted by Crippen LogP contribution is -2.59. The van der Waals surface area contributed by atoms with Crippen molar-refractivity contribution in [1.82, 2.24) is 9.80 Å². The number of amides is 3. The first kappa shape index (κ1) is 33.7. The number of likely N-dealkylation sites (tertiary alicyclic amines) is 1. The first-order valence-corrected chi connectivity index (χ1v) is 16.4. The molecule has 4 rings (SSSR count). The van der Waals surface area contributed by atoms with Crippen molar-refractivity contribution < 1.29 is 24.2 Å². The molecule has 3 fully saturated rings. The number of rotatable bonds is 16. The summed E-state index contributed by atoms with van der Waals surface area (Å²) in [5.41, 5.74) is 0.618. The van der Waals surface area contributed by atoms with Gasteiger partial charge in [0.15, 0.2) is 0 Å². The van der Waals surface area contributed by atoms with E-state index in [-0.39, 0.29) is 36.8 Å². The summed E-state index contributed by atoms with van der Waals surface area (Å²) in [6.07, 6.45) is 5.35. The summed E-state index contributed by atoms with van der Waals surface area (Å²) in [6, 6.07) is 6.33. The van der Waals surface area contributed by atoms with Crippen LogP contribution >= 0.6 is 0 Å². The number of carbonyl (C=O) groups is 3. The largest absolute Gasteiger partial charge is 0.394 e. The highest BCUT2D eigenvalue weighted by molar-refractivity contribution is 6.05. The molecule has 0 aromatic heterocycles. The van der Waals surface area contributed by atoms with Crippen LogP contribution in [-0.4, -0.2) is 95.7 Å². The number of benzene rings is 1.